The molecule has 2 heterocycles. The second-order valence-corrected chi connectivity index (χ2v) is 6.87. The third-order valence-corrected chi connectivity index (χ3v) is 4.93. The van der Waals surface area contributed by atoms with Gasteiger partial charge in [-0.2, -0.15) is 5.10 Å². The summed E-state index contributed by atoms with van der Waals surface area (Å²) in [6.45, 7) is 3.26. The van der Waals surface area contributed by atoms with Crippen LogP contribution in [0.15, 0.2) is 48.7 Å². The lowest BCUT2D eigenvalue weighted by molar-refractivity contribution is 0.208. The molecule has 25 heavy (non-hydrogen) atoms. The van der Waals surface area contributed by atoms with E-state index < -0.39 is 0 Å². The number of H-pyrrole nitrogens is 1. The Balaban J connectivity index is 1.38. The molecule has 1 fully saturated rings. The number of aromatic amines is 1. The van der Waals surface area contributed by atoms with E-state index in [9.17, 15) is 0 Å². The lowest BCUT2D eigenvalue weighted by atomic mass is 10.0. The molecule has 130 valence electrons. The number of likely N-dealkylation sites (tertiary alicyclic amines) is 1. The fourth-order valence-corrected chi connectivity index (χ4v) is 3.59. The van der Waals surface area contributed by atoms with E-state index >= 15 is 0 Å². The number of aliphatic hydroxyl groups excluding tert-OH is 1. The van der Waals surface area contributed by atoms with Crippen LogP contribution in [0.4, 0.5) is 5.69 Å². The number of piperidine rings is 1. The van der Waals surface area contributed by atoms with E-state index in [1.54, 1.807) is 0 Å². The van der Waals surface area contributed by atoms with Gasteiger partial charge < -0.3 is 10.4 Å². The van der Waals surface area contributed by atoms with E-state index in [2.05, 4.69) is 50.7 Å². The minimum absolute atomic E-state index is 0.108. The van der Waals surface area contributed by atoms with E-state index in [0.29, 0.717) is 6.04 Å². The maximum atomic E-state index is 9.15. The van der Waals surface area contributed by atoms with Gasteiger partial charge in [-0.3, -0.25) is 10.00 Å². The van der Waals surface area contributed by atoms with Crippen LogP contribution in [0.1, 0.15) is 24.0 Å². The van der Waals surface area contributed by atoms with Crippen LogP contribution in [0.25, 0.3) is 10.9 Å². The normalized spacial score (nSPS) is 18.5. The number of hydrogen-bond acceptors (Lipinski definition) is 4. The predicted octanol–water partition coefficient (Wildman–Crippen LogP) is 3.13. The molecule has 5 nitrogen and oxygen atoms in total. The van der Waals surface area contributed by atoms with Gasteiger partial charge in [0.25, 0.3) is 0 Å². The lowest BCUT2D eigenvalue weighted by Gasteiger charge is -2.33. The first-order valence-corrected chi connectivity index (χ1v) is 8.91. The van der Waals surface area contributed by atoms with Crippen LogP contribution >= 0.6 is 0 Å². The van der Waals surface area contributed by atoms with Crippen LogP contribution < -0.4 is 5.32 Å². The first-order valence-electron chi connectivity index (χ1n) is 8.91. The number of fused-ring (bicyclic) bond motifs is 1. The molecule has 5 heteroatoms. The van der Waals surface area contributed by atoms with Crippen molar-refractivity contribution in [1.29, 1.82) is 0 Å². The van der Waals surface area contributed by atoms with Gasteiger partial charge in [-0.05, 0) is 48.7 Å². The van der Waals surface area contributed by atoms with Gasteiger partial charge in [-0.25, -0.2) is 0 Å². The molecule has 0 amide bonds. The summed E-state index contributed by atoms with van der Waals surface area (Å²) >= 11 is 0. The monoisotopic (exact) mass is 336 g/mol. The van der Waals surface area contributed by atoms with Crippen molar-refractivity contribution in [1.82, 2.24) is 15.1 Å². The Bertz CT molecular complexity index is 827. The summed E-state index contributed by atoms with van der Waals surface area (Å²) in [6, 6.07) is 15.1. The summed E-state index contributed by atoms with van der Waals surface area (Å²) in [7, 11) is 0. The molecule has 2 aromatic carbocycles. The van der Waals surface area contributed by atoms with Crippen LogP contribution in [0.2, 0.25) is 0 Å². The molecular weight excluding hydrogens is 312 g/mol. The highest BCUT2D eigenvalue weighted by Gasteiger charge is 2.20. The minimum Gasteiger partial charge on any atom is -0.392 e. The van der Waals surface area contributed by atoms with Gasteiger partial charge in [0.2, 0.25) is 0 Å². The number of aromatic nitrogens is 2. The van der Waals surface area contributed by atoms with Crippen molar-refractivity contribution in [3.63, 3.8) is 0 Å². The summed E-state index contributed by atoms with van der Waals surface area (Å²) in [5, 5.41) is 21.0. The summed E-state index contributed by atoms with van der Waals surface area (Å²) < 4.78 is 0. The molecule has 1 atom stereocenters. The highest BCUT2D eigenvalue weighted by Crippen LogP contribution is 2.21. The molecule has 0 spiro atoms. The minimum atomic E-state index is 0.108. The van der Waals surface area contributed by atoms with Gasteiger partial charge in [-0.15, -0.1) is 0 Å². The van der Waals surface area contributed by atoms with E-state index in [0.717, 1.165) is 41.8 Å². The van der Waals surface area contributed by atoms with Crippen molar-refractivity contribution in [3.8, 4) is 0 Å². The Morgan fingerprint density at radius 1 is 1.16 bits per heavy atom. The summed E-state index contributed by atoms with van der Waals surface area (Å²) in [5.74, 6) is 0. The number of nitrogens with one attached hydrogen (secondary N) is 2. The largest absolute Gasteiger partial charge is 0.392 e. The molecule has 0 bridgehead atoms. The molecule has 0 saturated carbocycles. The van der Waals surface area contributed by atoms with Gasteiger partial charge in [0.05, 0.1) is 18.3 Å². The number of anilines is 1. The maximum absolute atomic E-state index is 9.15. The third-order valence-electron chi connectivity index (χ3n) is 4.93. The number of benzene rings is 2. The van der Waals surface area contributed by atoms with Gasteiger partial charge in [0, 0.05) is 30.2 Å². The Morgan fingerprint density at radius 3 is 2.84 bits per heavy atom. The van der Waals surface area contributed by atoms with Crippen molar-refractivity contribution in [2.24, 2.45) is 0 Å². The zero-order valence-corrected chi connectivity index (χ0v) is 14.3. The van der Waals surface area contributed by atoms with Crippen molar-refractivity contribution in [3.05, 3.63) is 59.8 Å². The Morgan fingerprint density at radius 2 is 2.00 bits per heavy atom. The highest BCUT2D eigenvalue weighted by molar-refractivity contribution is 5.81. The van der Waals surface area contributed by atoms with E-state index in [4.69, 9.17) is 5.11 Å². The molecule has 1 aliphatic heterocycles. The molecule has 1 aromatic heterocycles. The Hall–Kier alpha value is -2.37. The molecule has 0 aliphatic carbocycles. The number of nitrogens with zero attached hydrogens (tertiary/aromatic N) is 2. The van der Waals surface area contributed by atoms with E-state index in [1.165, 1.54) is 18.4 Å². The Kier molecular flexibility index (Phi) is 4.68. The van der Waals surface area contributed by atoms with Gasteiger partial charge >= 0.3 is 0 Å². The van der Waals surface area contributed by atoms with Crippen LogP contribution in [0.5, 0.6) is 0 Å². The molecule has 1 aliphatic rings. The zero-order valence-electron chi connectivity index (χ0n) is 14.3. The van der Waals surface area contributed by atoms with Gasteiger partial charge in [-0.1, -0.05) is 24.3 Å². The Labute approximate surface area is 147 Å². The van der Waals surface area contributed by atoms with Crippen molar-refractivity contribution in [2.75, 3.05) is 18.4 Å². The average Bonchev–Trinajstić information content (AvgIpc) is 3.10. The molecule has 0 unspecified atom stereocenters. The van der Waals surface area contributed by atoms with Crippen LogP contribution in [-0.4, -0.2) is 39.3 Å². The van der Waals surface area contributed by atoms with E-state index in [-0.39, 0.29) is 6.61 Å². The fraction of sp³-hybridized carbons (Fsp3) is 0.350. The summed E-state index contributed by atoms with van der Waals surface area (Å²) in [4.78, 5) is 2.51. The third kappa shape index (κ3) is 3.83. The topological polar surface area (TPSA) is 64.2 Å². The second kappa shape index (κ2) is 7.25. The van der Waals surface area contributed by atoms with Crippen LogP contribution in [-0.2, 0) is 13.2 Å². The molecule has 3 aromatic rings. The van der Waals surface area contributed by atoms with Gasteiger partial charge in [0.15, 0.2) is 0 Å². The SMILES string of the molecule is OCc1ccc(CN2CCC[C@H](Nc3ccc4[nH]ncc4c3)C2)cc1. The van der Waals surface area contributed by atoms with Crippen molar-refractivity contribution < 1.29 is 5.11 Å². The predicted molar refractivity (Wildman–Crippen MR) is 100 cm³/mol. The second-order valence-electron chi connectivity index (χ2n) is 6.87. The van der Waals surface area contributed by atoms with Crippen molar-refractivity contribution >= 4 is 16.6 Å². The van der Waals surface area contributed by atoms with E-state index in [1.807, 2.05) is 18.3 Å². The van der Waals surface area contributed by atoms with Gasteiger partial charge in [0.1, 0.15) is 0 Å². The smallest absolute Gasteiger partial charge is 0.0681 e. The fourth-order valence-electron chi connectivity index (χ4n) is 3.59. The number of hydrogen-bond donors (Lipinski definition) is 3. The molecule has 1 saturated heterocycles. The number of rotatable bonds is 5. The number of aliphatic hydroxyl groups is 1. The van der Waals surface area contributed by atoms with Crippen LogP contribution in [0.3, 0.4) is 0 Å². The molecule has 0 radical (unpaired) electrons. The molecular formula is C20H24N4O. The zero-order chi connectivity index (χ0) is 17.1. The maximum Gasteiger partial charge on any atom is 0.0681 e. The summed E-state index contributed by atoms with van der Waals surface area (Å²) in [5.41, 5.74) is 4.50. The van der Waals surface area contributed by atoms with Crippen LogP contribution in [0, 0.1) is 0 Å². The lowest BCUT2D eigenvalue weighted by Crippen LogP contribution is -2.41. The molecule has 3 N–H and O–H groups in total. The summed E-state index contributed by atoms with van der Waals surface area (Å²) in [6.07, 6.45) is 4.27. The first kappa shape index (κ1) is 16.1. The molecule has 4 rings (SSSR count). The van der Waals surface area contributed by atoms with Crippen molar-refractivity contribution in [2.45, 2.75) is 32.0 Å². The average molecular weight is 336 g/mol. The quantitative estimate of drug-likeness (QED) is 0.670. The standard InChI is InChI=1S/C20H24N4O/c25-14-16-5-3-15(4-6-16)12-24-9-1-2-19(13-24)22-18-7-8-20-17(10-18)11-21-23-20/h3-8,10-11,19,22,25H,1-2,9,12-14H2,(H,21,23)/t19-/m0/s1. The first-order chi connectivity index (χ1) is 12.3. The highest BCUT2D eigenvalue weighted by atomic mass is 16.3.